The van der Waals surface area contributed by atoms with Gasteiger partial charge in [0.15, 0.2) is 0 Å². The van der Waals surface area contributed by atoms with E-state index in [-0.39, 0.29) is 5.92 Å². The third-order valence-electron chi connectivity index (χ3n) is 4.41. The standard InChI is InChI=1S/C19H39NO2/c1-4-5-6-7-8-9-10-11-12-13-15-18(19(21)22)16-14-17-20(2)3/h18H,4-17H2,1-3H3,(H,21,22). The maximum Gasteiger partial charge on any atom is 0.306 e. The molecule has 0 heterocycles. The molecule has 0 aromatic carbocycles. The minimum atomic E-state index is -0.602. The average Bonchev–Trinajstić information content (AvgIpc) is 2.46. The Balaban J connectivity index is 3.46. The molecule has 0 bridgehead atoms. The highest BCUT2D eigenvalue weighted by atomic mass is 16.4. The molecule has 1 N–H and O–H groups in total. The van der Waals surface area contributed by atoms with Gasteiger partial charge in [0.05, 0.1) is 5.92 Å². The van der Waals surface area contributed by atoms with Crippen LogP contribution in [-0.4, -0.2) is 36.6 Å². The first-order valence-corrected chi connectivity index (χ1v) is 9.45. The van der Waals surface area contributed by atoms with Crippen LogP contribution in [0.15, 0.2) is 0 Å². The smallest absolute Gasteiger partial charge is 0.306 e. The second kappa shape index (κ2) is 15.3. The van der Waals surface area contributed by atoms with Gasteiger partial charge in [0.2, 0.25) is 0 Å². The molecule has 0 aromatic heterocycles. The molecular formula is C19H39NO2. The Morgan fingerprint density at radius 3 is 1.73 bits per heavy atom. The molecule has 0 fully saturated rings. The summed E-state index contributed by atoms with van der Waals surface area (Å²) in [5.74, 6) is -0.733. The minimum absolute atomic E-state index is 0.131. The van der Waals surface area contributed by atoms with Gasteiger partial charge in [0, 0.05) is 0 Å². The second-order valence-corrected chi connectivity index (χ2v) is 6.95. The first-order valence-electron chi connectivity index (χ1n) is 9.45. The van der Waals surface area contributed by atoms with Crippen LogP contribution in [0.2, 0.25) is 0 Å². The van der Waals surface area contributed by atoms with Crippen LogP contribution in [0, 0.1) is 5.92 Å². The molecule has 0 aliphatic rings. The fourth-order valence-corrected chi connectivity index (χ4v) is 2.92. The van der Waals surface area contributed by atoms with E-state index in [1.807, 2.05) is 14.1 Å². The number of nitrogens with zero attached hydrogens (tertiary/aromatic N) is 1. The molecule has 0 aromatic rings. The topological polar surface area (TPSA) is 40.5 Å². The highest BCUT2D eigenvalue weighted by Gasteiger charge is 2.16. The first-order chi connectivity index (χ1) is 10.6. The molecule has 3 nitrogen and oxygen atoms in total. The van der Waals surface area contributed by atoms with Crippen molar-refractivity contribution >= 4 is 5.97 Å². The Labute approximate surface area is 138 Å². The fraction of sp³-hybridized carbons (Fsp3) is 0.947. The number of hydrogen-bond acceptors (Lipinski definition) is 2. The number of aliphatic carboxylic acids is 1. The van der Waals surface area contributed by atoms with E-state index in [4.69, 9.17) is 0 Å². The minimum Gasteiger partial charge on any atom is -0.481 e. The van der Waals surface area contributed by atoms with Crippen molar-refractivity contribution in [1.29, 1.82) is 0 Å². The molecule has 0 rings (SSSR count). The first kappa shape index (κ1) is 21.4. The van der Waals surface area contributed by atoms with Gasteiger partial charge in [-0.25, -0.2) is 0 Å². The van der Waals surface area contributed by atoms with Gasteiger partial charge in [-0.3, -0.25) is 4.79 Å². The van der Waals surface area contributed by atoms with E-state index in [1.54, 1.807) is 0 Å². The second-order valence-electron chi connectivity index (χ2n) is 6.95. The molecule has 0 radical (unpaired) electrons. The lowest BCUT2D eigenvalue weighted by atomic mass is 9.95. The van der Waals surface area contributed by atoms with E-state index < -0.39 is 5.97 Å². The largest absolute Gasteiger partial charge is 0.481 e. The number of carboxylic acids is 1. The van der Waals surface area contributed by atoms with E-state index >= 15 is 0 Å². The molecule has 0 amide bonds. The predicted molar refractivity (Wildman–Crippen MR) is 95.4 cm³/mol. The lowest BCUT2D eigenvalue weighted by Gasteiger charge is -2.14. The number of unbranched alkanes of at least 4 members (excludes halogenated alkanes) is 9. The van der Waals surface area contributed by atoms with E-state index in [0.717, 1.165) is 32.2 Å². The number of hydrogen-bond donors (Lipinski definition) is 1. The highest BCUT2D eigenvalue weighted by molar-refractivity contribution is 5.69. The van der Waals surface area contributed by atoms with Gasteiger partial charge >= 0.3 is 5.97 Å². The lowest BCUT2D eigenvalue weighted by molar-refractivity contribution is -0.142. The maximum atomic E-state index is 11.3. The molecule has 0 saturated carbocycles. The van der Waals surface area contributed by atoms with E-state index in [2.05, 4.69) is 11.8 Å². The number of carbonyl (C=O) groups is 1. The van der Waals surface area contributed by atoms with Crippen molar-refractivity contribution in [3.63, 3.8) is 0 Å². The van der Waals surface area contributed by atoms with Crippen LogP contribution in [0.4, 0.5) is 0 Å². The molecule has 0 aliphatic heterocycles. The zero-order valence-electron chi connectivity index (χ0n) is 15.3. The Morgan fingerprint density at radius 2 is 1.27 bits per heavy atom. The molecule has 132 valence electrons. The van der Waals surface area contributed by atoms with E-state index in [0.29, 0.717) is 0 Å². The summed E-state index contributed by atoms with van der Waals surface area (Å²) in [7, 11) is 4.08. The Bertz CT molecular complexity index is 254. The van der Waals surface area contributed by atoms with E-state index in [1.165, 1.54) is 57.8 Å². The Kier molecular flexibility index (Phi) is 14.9. The van der Waals surface area contributed by atoms with Crippen molar-refractivity contribution in [2.75, 3.05) is 20.6 Å². The molecule has 1 atom stereocenters. The van der Waals surface area contributed by atoms with Gasteiger partial charge < -0.3 is 10.0 Å². The summed E-state index contributed by atoms with van der Waals surface area (Å²) in [6.45, 7) is 3.24. The van der Waals surface area contributed by atoms with Crippen molar-refractivity contribution in [1.82, 2.24) is 4.90 Å². The summed E-state index contributed by atoms with van der Waals surface area (Å²) < 4.78 is 0. The van der Waals surface area contributed by atoms with Crippen LogP contribution in [0.1, 0.15) is 90.4 Å². The van der Waals surface area contributed by atoms with Crippen molar-refractivity contribution in [3.8, 4) is 0 Å². The molecule has 22 heavy (non-hydrogen) atoms. The summed E-state index contributed by atoms with van der Waals surface area (Å²) in [4.78, 5) is 13.4. The van der Waals surface area contributed by atoms with Crippen molar-refractivity contribution < 1.29 is 9.90 Å². The number of carboxylic acid groups (broad SMARTS) is 1. The van der Waals surface area contributed by atoms with Crippen LogP contribution >= 0.6 is 0 Å². The van der Waals surface area contributed by atoms with Gasteiger partial charge in [-0.05, 0) is 39.9 Å². The van der Waals surface area contributed by atoms with Crippen molar-refractivity contribution in [2.45, 2.75) is 90.4 Å². The quantitative estimate of drug-likeness (QED) is 0.391. The summed E-state index contributed by atoms with van der Waals surface area (Å²) in [5.41, 5.74) is 0. The molecular weight excluding hydrogens is 274 g/mol. The Morgan fingerprint density at radius 1 is 0.818 bits per heavy atom. The molecule has 1 unspecified atom stereocenters. The van der Waals surface area contributed by atoms with Gasteiger partial charge in [0.1, 0.15) is 0 Å². The fourth-order valence-electron chi connectivity index (χ4n) is 2.92. The van der Waals surface area contributed by atoms with Crippen LogP contribution in [0.25, 0.3) is 0 Å². The summed E-state index contributed by atoms with van der Waals surface area (Å²) in [6, 6.07) is 0. The Hall–Kier alpha value is -0.570. The normalized spacial score (nSPS) is 12.7. The van der Waals surface area contributed by atoms with Crippen LogP contribution in [-0.2, 0) is 4.79 Å². The lowest BCUT2D eigenvalue weighted by Crippen LogP contribution is -2.18. The van der Waals surface area contributed by atoms with Gasteiger partial charge in [-0.15, -0.1) is 0 Å². The third-order valence-corrected chi connectivity index (χ3v) is 4.41. The molecule has 3 heteroatoms. The SMILES string of the molecule is CCCCCCCCCCCCC(CCCN(C)C)C(=O)O. The van der Waals surface area contributed by atoms with Crippen LogP contribution < -0.4 is 0 Å². The average molecular weight is 314 g/mol. The van der Waals surface area contributed by atoms with Crippen molar-refractivity contribution in [3.05, 3.63) is 0 Å². The zero-order valence-corrected chi connectivity index (χ0v) is 15.3. The van der Waals surface area contributed by atoms with E-state index in [9.17, 15) is 9.90 Å². The molecule has 0 spiro atoms. The summed E-state index contributed by atoms with van der Waals surface area (Å²) in [6.07, 6.45) is 15.8. The van der Waals surface area contributed by atoms with Gasteiger partial charge in [-0.1, -0.05) is 71.1 Å². The van der Waals surface area contributed by atoms with Crippen LogP contribution in [0.5, 0.6) is 0 Å². The predicted octanol–water partition coefficient (Wildman–Crippen LogP) is 5.34. The van der Waals surface area contributed by atoms with Crippen LogP contribution in [0.3, 0.4) is 0 Å². The van der Waals surface area contributed by atoms with Gasteiger partial charge in [0.25, 0.3) is 0 Å². The summed E-state index contributed by atoms with van der Waals surface area (Å²) >= 11 is 0. The highest BCUT2D eigenvalue weighted by Crippen LogP contribution is 2.18. The zero-order chi connectivity index (χ0) is 16.6. The monoisotopic (exact) mass is 313 g/mol. The number of rotatable bonds is 16. The van der Waals surface area contributed by atoms with Crippen molar-refractivity contribution in [2.24, 2.45) is 5.92 Å². The van der Waals surface area contributed by atoms with Gasteiger partial charge in [-0.2, -0.15) is 0 Å². The maximum absolute atomic E-state index is 11.3. The summed E-state index contributed by atoms with van der Waals surface area (Å²) in [5, 5.41) is 9.27. The molecule has 0 aliphatic carbocycles. The molecule has 0 saturated heterocycles. The third kappa shape index (κ3) is 14.4.